The Kier molecular flexibility index (Phi) is 4.16. The Morgan fingerprint density at radius 1 is 0.947 bits per heavy atom. The molecule has 0 aliphatic carbocycles. The van der Waals surface area contributed by atoms with Gasteiger partial charge >= 0.3 is 0 Å². The maximum absolute atomic E-state index is 8.93. The average Bonchev–Trinajstić information content (AvgIpc) is 2.48. The number of nitriles is 2. The van der Waals surface area contributed by atoms with Crippen LogP contribution in [0, 0.1) is 22.7 Å². The van der Waals surface area contributed by atoms with E-state index in [1.165, 1.54) is 0 Å². The largest absolute Gasteiger partial charge is 0.377 e. The smallest absolute Gasteiger partial charge is 0.0991 e. The molecule has 0 aliphatic rings. The summed E-state index contributed by atoms with van der Waals surface area (Å²) >= 11 is 0. The number of nitrogens with one attached hydrogen (secondary N) is 1. The second-order valence-electron chi connectivity index (χ2n) is 4.16. The summed E-state index contributed by atoms with van der Waals surface area (Å²) in [5.74, 6) is 0. The third-order valence-corrected chi connectivity index (χ3v) is 2.85. The van der Waals surface area contributed by atoms with Crippen LogP contribution in [-0.2, 0) is 0 Å². The summed E-state index contributed by atoms with van der Waals surface area (Å²) in [4.78, 5) is 0. The molecule has 0 spiro atoms. The minimum Gasteiger partial charge on any atom is -0.377 e. The Balaban J connectivity index is 2.17. The van der Waals surface area contributed by atoms with Gasteiger partial charge in [0.05, 0.1) is 30.2 Å². The van der Waals surface area contributed by atoms with Crippen LogP contribution in [0.15, 0.2) is 54.6 Å². The molecule has 2 aromatic carbocycles. The topological polar surface area (TPSA) is 59.6 Å². The molecule has 0 heterocycles. The van der Waals surface area contributed by atoms with Crippen molar-refractivity contribution in [1.82, 2.24) is 0 Å². The number of nitrogens with zero attached hydrogens (tertiary/aromatic N) is 2. The van der Waals surface area contributed by atoms with Crippen molar-refractivity contribution < 1.29 is 0 Å². The standard InChI is InChI=1S/C16H13N3/c17-11-10-16(14-4-2-1-3-5-14)19-15-8-6-13(12-18)7-9-15/h1-9,16,19H,10H2. The molecule has 0 saturated heterocycles. The predicted molar refractivity (Wildman–Crippen MR) is 74.2 cm³/mol. The fourth-order valence-corrected chi connectivity index (χ4v) is 1.87. The summed E-state index contributed by atoms with van der Waals surface area (Å²) in [5, 5.41) is 21.0. The number of rotatable bonds is 4. The fraction of sp³-hybridized carbons (Fsp3) is 0.125. The van der Waals surface area contributed by atoms with E-state index in [9.17, 15) is 0 Å². The van der Waals surface area contributed by atoms with E-state index in [0.717, 1.165) is 11.3 Å². The molecule has 0 bridgehead atoms. The van der Waals surface area contributed by atoms with Crippen LogP contribution in [0.25, 0.3) is 0 Å². The molecule has 1 unspecified atom stereocenters. The van der Waals surface area contributed by atoms with Crippen LogP contribution in [0.5, 0.6) is 0 Å². The van der Waals surface area contributed by atoms with E-state index in [2.05, 4.69) is 17.5 Å². The van der Waals surface area contributed by atoms with E-state index in [1.807, 2.05) is 42.5 Å². The predicted octanol–water partition coefficient (Wildman–Crippen LogP) is 3.63. The first-order valence-electron chi connectivity index (χ1n) is 6.02. The Morgan fingerprint density at radius 2 is 1.63 bits per heavy atom. The number of hydrogen-bond acceptors (Lipinski definition) is 3. The van der Waals surface area contributed by atoms with Crippen LogP contribution in [0.3, 0.4) is 0 Å². The van der Waals surface area contributed by atoms with Crippen LogP contribution in [-0.4, -0.2) is 0 Å². The molecule has 1 atom stereocenters. The van der Waals surface area contributed by atoms with Crippen LogP contribution in [0.1, 0.15) is 23.6 Å². The van der Waals surface area contributed by atoms with Gasteiger partial charge in [0.25, 0.3) is 0 Å². The zero-order valence-electron chi connectivity index (χ0n) is 10.4. The second-order valence-corrected chi connectivity index (χ2v) is 4.16. The molecular formula is C16H13N3. The molecular weight excluding hydrogens is 234 g/mol. The molecule has 0 amide bonds. The summed E-state index contributed by atoms with van der Waals surface area (Å²) in [6, 6.07) is 21.3. The normalized spacial score (nSPS) is 11.1. The number of benzene rings is 2. The number of hydrogen-bond donors (Lipinski definition) is 1. The van der Waals surface area contributed by atoms with Gasteiger partial charge in [-0.15, -0.1) is 0 Å². The van der Waals surface area contributed by atoms with Gasteiger partial charge in [-0.05, 0) is 29.8 Å². The van der Waals surface area contributed by atoms with Gasteiger partial charge in [-0.2, -0.15) is 10.5 Å². The molecule has 3 nitrogen and oxygen atoms in total. The highest BCUT2D eigenvalue weighted by Crippen LogP contribution is 2.22. The quantitative estimate of drug-likeness (QED) is 0.897. The molecule has 0 aromatic heterocycles. The van der Waals surface area contributed by atoms with E-state index in [1.54, 1.807) is 12.1 Å². The lowest BCUT2D eigenvalue weighted by Crippen LogP contribution is -2.09. The van der Waals surface area contributed by atoms with Gasteiger partial charge in [0.2, 0.25) is 0 Å². The minimum atomic E-state index is -0.0425. The first-order chi connectivity index (χ1) is 9.33. The van der Waals surface area contributed by atoms with Crippen molar-refractivity contribution in [2.24, 2.45) is 0 Å². The van der Waals surface area contributed by atoms with Crippen molar-refractivity contribution in [1.29, 1.82) is 10.5 Å². The van der Waals surface area contributed by atoms with Crippen LogP contribution in [0.2, 0.25) is 0 Å². The SMILES string of the molecule is N#CCC(Nc1ccc(C#N)cc1)c1ccccc1. The lowest BCUT2D eigenvalue weighted by molar-refractivity contribution is 0.806. The van der Waals surface area contributed by atoms with Gasteiger partial charge in [0.15, 0.2) is 0 Å². The van der Waals surface area contributed by atoms with Crippen LogP contribution >= 0.6 is 0 Å². The van der Waals surface area contributed by atoms with Crippen molar-refractivity contribution >= 4 is 5.69 Å². The van der Waals surface area contributed by atoms with E-state index >= 15 is 0 Å². The molecule has 0 saturated carbocycles. The highest BCUT2D eigenvalue weighted by atomic mass is 14.9. The molecule has 0 radical (unpaired) electrons. The van der Waals surface area contributed by atoms with E-state index in [-0.39, 0.29) is 6.04 Å². The Hall–Kier alpha value is -2.78. The third-order valence-electron chi connectivity index (χ3n) is 2.85. The molecule has 0 aliphatic heterocycles. The first-order valence-corrected chi connectivity index (χ1v) is 6.02. The first kappa shape index (κ1) is 12.7. The zero-order chi connectivity index (χ0) is 13.5. The van der Waals surface area contributed by atoms with Gasteiger partial charge in [0.1, 0.15) is 0 Å². The Bertz CT molecular complexity index is 603. The molecule has 3 heteroatoms. The lowest BCUT2D eigenvalue weighted by atomic mass is 10.0. The maximum atomic E-state index is 8.93. The molecule has 1 N–H and O–H groups in total. The summed E-state index contributed by atoms with van der Waals surface area (Å²) in [5.41, 5.74) is 2.61. The van der Waals surface area contributed by atoms with E-state index in [0.29, 0.717) is 12.0 Å². The second kappa shape index (κ2) is 6.23. The van der Waals surface area contributed by atoms with Gasteiger partial charge in [-0.25, -0.2) is 0 Å². The number of anilines is 1. The molecule has 0 fully saturated rings. The molecule has 2 rings (SSSR count). The Morgan fingerprint density at radius 3 is 2.21 bits per heavy atom. The van der Waals surface area contributed by atoms with E-state index in [4.69, 9.17) is 10.5 Å². The van der Waals surface area contributed by atoms with Gasteiger partial charge in [0, 0.05) is 5.69 Å². The van der Waals surface area contributed by atoms with Crippen molar-refractivity contribution in [3.63, 3.8) is 0 Å². The molecule has 92 valence electrons. The van der Waals surface area contributed by atoms with Crippen molar-refractivity contribution in [3.8, 4) is 12.1 Å². The minimum absolute atomic E-state index is 0.0425. The van der Waals surface area contributed by atoms with Gasteiger partial charge < -0.3 is 5.32 Å². The van der Waals surface area contributed by atoms with Gasteiger partial charge in [-0.3, -0.25) is 0 Å². The highest BCUT2D eigenvalue weighted by Gasteiger charge is 2.10. The Labute approximate surface area is 112 Å². The highest BCUT2D eigenvalue weighted by molar-refractivity contribution is 5.49. The summed E-state index contributed by atoms with van der Waals surface area (Å²) in [7, 11) is 0. The monoisotopic (exact) mass is 247 g/mol. The molecule has 2 aromatic rings. The third kappa shape index (κ3) is 3.34. The summed E-state index contributed by atoms with van der Waals surface area (Å²) in [6.45, 7) is 0. The maximum Gasteiger partial charge on any atom is 0.0991 e. The van der Waals surface area contributed by atoms with E-state index < -0.39 is 0 Å². The zero-order valence-corrected chi connectivity index (χ0v) is 10.4. The average molecular weight is 247 g/mol. The summed E-state index contributed by atoms with van der Waals surface area (Å²) < 4.78 is 0. The summed E-state index contributed by atoms with van der Waals surface area (Å²) in [6.07, 6.45) is 0.393. The van der Waals surface area contributed by atoms with Crippen molar-refractivity contribution in [2.45, 2.75) is 12.5 Å². The fourth-order valence-electron chi connectivity index (χ4n) is 1.87. The van der Waals surface area contributed by atoms with Crippen molar-refractivity contribution in [3.05, 3.63) is 65.7 Å². The van der Waals surface area contributed by atoms with Crippen LogP contribution in [0.4, 0.5) is 5.69 Å². The van der Waals surface area contributed by atoms with Crippen molar-refractivity contribution in [2.75, 3.05) is 5.32 Å². The lowest BCUT2D eigenvalue weighted by Gasteiger charge is -2.17. The van der Waals surface area contributed by atoms with Crippen LogP contribution < -0.4 is 5.32 Å². The molecule has 19 heavy (non-hydrogen) atoms. The van der Waals surface area contributed by atoms with Gasteiger partial charge in [-0.1, -0.05) is 30.3 Å².